The number of hydrogen-bond acceptors (Lipinski definition) is 4. The molecule has 0 amide bonds. The maximum absolute atomic E-state index is 9.97. The number of fused-ring (bicyclic) bond motifs is 1. The van der Waals surface area contributed by atoms with Crippen molar-refractivity contribution in [1.82, 2.24) is 4.98 Å². The first-order chi connectivity index (χ1) is 17.7. The van der Waals surface area contributed by atoms with Crippen LogP contribution in [0.1, 0.15) is 18.1 Å². The molecule has 0 radical (unpaired) electrons. The number of nitrogens with one attached hydrogen (secondary N) is 1. The smallest absolute Gasteiger partial charge is 0.126 e. The molecule has 4 aromatic carbocycles. The molecule has 5 aromatic rings. The van der Waals surface area contributed by atoms with Crippen molar-refractivity contribution in [2.45, 2.75) is 13.5 Å². The normalized spacial score (nSPS) is 11.3. The van der Waals surface area contributed by atoms with Crippen LogP contribution >= 0.6 is 47.8 Å². The first-order valence-corrected chi connectivity index (χ1v) is 13.6. The van der Waals surface area contributed by atoms with Crippen LogP contribution in [0.4, 0.5) is 0 Å². The number of aliphatic imine (C=N–C) groups is 1. The number of hydrogen-bond donors (Lipinski definition) is 4. The van der Waals surface area contributed by atoms with Crippen LogP contribution in [0.25, 0.3) is 22.2 Å². The van der Waals surface area contributed by atoms with E-state index >= 15 is 0 Å². The zero-order valence-electron chi connectivity index (χ0n) is 19.7. The standard InChI is InChI=1S/C15H14BrNO2.C14H9Br2NO/c1-10(14-7-4-12(16)8-15(14)19)17-9-11-2-5-13(18)6-3-11;15-9-2-4-12-8(5-9)6-13(17-12)11-3-1-10(16)7-14(11)18/h2-8,18-19H,9H2,1H3;1-7,17-18H. The zero-order chi connectivity index (χ0) is 26.5. The van der Waals surface area contributed by atoms with E-state index in [1.54, 1.807) is 24.3 Å². The summed E-state index contributed by atoms with van der Waals surface area (Å²) in [6.45, 7) is 2.38. The van der Waals surface area contributed by atoms with E-state index in [2.05, 4.69) is 57.8 Å². The molecule has 0 aliphatic heterocycles. The van der Waals surface area contributed by atoms with Crippen LogP contribution in [-0.4, -0.2) is 26.0 Å². The Labute approximate surface area is 239 Å². The minimum Gasteiger partial charge on any atom is -0.508 e. The van der Waals surface area contributed by atoms with Crippen molar-refractivity contribution in [1.29, 1.82) is 0 Å². The fourth-order valence-electron chi connectivity index (χ4n) is 3.69. The van der Waals surface area contributed by atoms with Gasteiger partial charge in [0.1, 0.15) is 17.2 Å². The molecule has 0 aliphatic rings. The third kappa shape index (κ3) is 7.03. The minimum atomic E-state index is 0.210. The van der Waals surface area contributed by atoms with Crippen LogP contribution < -0.4 is 0 Å². The van der Waals surface area contributed by atoms with E-state index < -0.39 is 0 Å². The van der Waals surface area contributed by atoms with Gasteiger partial charge in [-0.15, -0.1) is 0 Å². The Bertz CT molecular complexity index is 1580. The lowest BCUT2D eigenvalue weighted by Gasteiger charge is -2.05. The topological polar surface area (TPSA) is 88.8 Å². The van der Waals surface area contributed by atoms with Crippen molar-refractivity contribution in [3.63, 3.8) is 0 Å². The highest BCUT2D eigenvalue weighted by Crippen LogP contribution is 2.33. The molecule has 5 nitrogen and oxygen atoms in total. The summed E-state index contributed by atoms with van der Waals surface area (Å²) < 4.78 is 2.74. The van der Waals surface area contributed by atoms with Gasteiger partial charge in [-0.3, -0.25) is 4.99 Å². The molecule has 1 heterocycles. The molecule has 0 spiro atoms. The molecule has 0 unspecified atom stereocenters. The third-order valence-electron chi connectivity index (χ3n) is 5.62. The minimum absolute atomic E-state index is 0.210. The molecule has 0 saturated heterocycles. The van der Waals surface area contributed by atoms with Gasteiger partial charge in [0.2, 0.25) is 0 Å². The van der Waals surface area contributed by atoms with E-state index in [1.165, 1.54) is 0 Å². The summed E-state index contributed by atoms with van der Waals surface area (Å²) in [6, 6.07) is 25.8. The van der Waals surface area contributed by atoms with E-state index in [0.29, 0.717) is 6.54 Å². The molecule has 0 saturated carbocycles. The molecule has 0 fully saturated rings. The summed E-state index contributed by atoms with van der Waals surface area (Å²) in [5.74, 6) is 0.714. The molecule has 5 rings (SSSR count). The van der Waals surface area contributed by atoms with Gasteiger partial charge in [0.05, 0.1) is 12.2 Å². The van der Waals surface area contributed by atoms with Crippen molar-refractivity contribution in [2.75, 3.05) is 0 Å². The fraction of sp³-hybridized carbons (Fsp3) is 0.0690. The number of halogens is 3. The highest BCUT2D eigenvalue weighted by Gasteiger charge is 2.08. The quantitative estimate of drug-likeness (QED) is 0.142. The molecule has 4 N–H and O–H groups in total. The molecule has 37 heavy (non-hydrogen) atoms. The number of aromatic amines is 1. The van der Waals surface area contributed by atoms with Gasteiger partial charge < -0.3 is 20.3 Å². The Morgan fingerprint density at radius 2 is 1.35 bits per heavy atom. The lowest BCUT2D eigenvalue weighted by molar-refractivity contribution is 0.473. The van der Waals surface area contributed by atoms with Gasteiger partial charge in [0.25, 0.3) is 0 Å². The van der Waals surface area contributed by atoms with Crippen LogP contribution in [0.3, 0.4) is 0 Å². The summed E-state index contributed by atoms with van der Waals surface area (Å²) in [4.78, 5) is 7.75. The van der Waals surface area contributed by atoms with Crippen molar-refractivity contribution in [3.05, 3.63) is 109 Å². The average molecular weight is 687 g/mol. The van der Waals surface area contributed by atoms with Gasteiger partial charge in [-0.1, -0.05) is 59.9 Å². The summed E-state index contributed by atoms with van der Waals surface area (Å²) in [7, 11) is 0. The maximum Gasteiger partial charge on any atom is 0.126 e. The van der Waals surface area contributed by atoms with Crippen molar-refractivity contribution < 1.29 is 15.3 Å². The summed E-state index contributed by atoms with van der Waals surface area (Å²) in [5.41, 5.74) is 5.27. The molecule has 8 heteroatoms. The maximum atomic E-state index is 9.97. The number of aromatic hydroxyl groups is 3. The largest absolute Gasteiger partial charge is 0.508 e. The van der Waals surface area contributed by atoms with Gasteiger partial charge in [0.15, 0.2) is 0 Å². The second-order valence-electron chi connectivity index (χ2n) is 8.31. The van der Waals surface area contributed by atoms with Crippen LogP contribution in [-0.2, 0) is 6.54 Å². The predicted molar refractivity (Wildman–Crippen MR) is 161 cm³/mol. The van der Waals surface area contributed by atoms with Gasteiger partial charge in [0, 0.05) is 41.2 Å². The van der Waals surface area contributed by atoms with Crippen molar-refractivity contribution >= 4 is 64.4 Å². The number of aromatic nitrogens is 1. The second kappa shape index (κ2) is 12.0. The molecular formula is C29H23Br3N2O3. The highest BCUT2D eigenvalue weighted by atomic mass is 79.9. The summed E-state index contributed by atoms with van der Waals surface area (Å²) in [6.07, 6.45) is 0. The lowest BCUT2D eigenvalue weighted by atomic mass is 10.1. The number of benzene rings is 4. The van der Waals surface area contributed by atoms with E-state index in [1.807, 2.05) is 67.6 Å². The van der Waals surface area contributed by atoms with Crippen molar-refractivity contribution in [3.8, 4) is 28.5 Å². The molecule has 188 valence electrons. The number of phenolic OH excluding ortho intramolecular Hbond substituents is 3. The Hall–Kier alpha value is -3.07. The number of nitrogens with zero attached hydrogens (tertiary/aromatic N) is 1. The summed E-state index contributed by atoms with van der Waals surface area (Å²) >= 11 is 10.1. The Morgan fingerprint density at radius 1 is 0.730 bits per heavy atom. The van der Waals surface area contributed by atoms with Gasteiger partial charge in [-0.25, -0.2) is 0 Å². The molecular weight excluding hydrogens is 664 g/mol. The molecule has 1 aromatic heterocycles. The summed E-state index contributed by atoms with van der Waals surface area (Å²) in [5, 5.41) is 30.1. The van der Waals surface area contributed by atoms with Crippen LogP contribution in [0.2, 0.25) is 0 Å². The first kappa shape index (κ1) is 27.0. The van der Waals surface area contributed by atoms with E-state index in [0.717, 1.165) is 52.4 Å². The highest BCUT2D eigenvalue weighted by molar-refractivity contribution is 9.11. The van der Waals surface area contributed by atoms with Gasteiger partial charge in [-0.2, -0.15) is 0 Å². The van der Waals surface area contributed by atoms with E-state index in [-0.39, 0.29) is 17.2 Å². The Kier molecular flexibility index (Phi) is 8.74. The molecule has 0 atom stereocenters. The first-order valence-electron chi connectivity index (χ1n) is 11.2. The predicted octanol–water partition coefficient (Wildman–Crippen LogP) is 8.93. The fourth-order valence-corrected chi connectivity index (χ4v) is 4.77. The lowest BCUT2D eigenvalue weighted by Crippen LogP contribution is -1.96. The van der Waals surface area contributed by atoms with E-state index in [4.69, 9.17) is 0 Å². The van der Waals surface area contributed by atoms with Gasteiger partial charge in [-0.05, 0) is 85.3 Å². The van der Waals surface area contributed by atoms with Crippen molar-refractivity contribution in [2.24, 2.45) is 4.99 Å². The number of rotatable bonds is 4. The van der Waals surface area contributed by atoms with E-state index in [9.17, 15) is 15.3 Å². The van der Waals surface area contributed by atoms with Crippen LogP contribution in [0.5, 0.6) is 17.2 Å². The van der Waals surface area contributed by atoms with Crippen LogP contribution in [0.15, 0.2) is 103 Å². The number of H-pyrrole nitrogens is 1. The average Bonchev–Trinajstić information content (AvgIpc) is 3.26. The molecule has 0 aliphatic carbocycles. The number of phenols is 3. The SMILES string of the molecule is CC(=NCc1ccc(O)cc1)c1ccc(Br)cc1O.Oc1cc(Br)ccc1-c1cc2cc(Br)ccc2[nH]1. The Balaban J connectivity index is 0.000000173. The second-order valence-corrected chi connectivity index (χ2v) is 11.1. The van der Waals surface area contributed by atoms with Gasteiger partial charge >= 0.3 is 0 Å². The molecule has 0 bridgehead atoms. The third-order valence-corrected chi connectivity index (χ3v) is 7.10. The van der Waals surface area contributed by atoms with Crippen LogP contribution in [0, 0.1) is 0 Å². The zero-order valence-corrected chi connectivity index (χ0v) is 24.5. The Morgan fingerprint density at radius 3 is 2.03 bits per heavy atom. The monoisotopic (exact) mass is 684 g/mol.